The molecular weight excluding hydrogens is 298 g/mol. The molecule has 0 amide bonds. The lowest BCUT2D eigenvalue weighted by Crippen LogP contribution is -2.01. The van der Waals surface area contributed by atoms with E-state index in [1.54, 1.807) is 31.2 Å². The summed E-state index contributed by atoms with van der Waals surface area (Å²) in [4.78, 5) is 22.1. The van der Waals surface area contributed by atoms with Crippen molar-refractivity contribution in [3.8, 4) is 5.75 Å². The number of aliphatic carboxylic acids is 1. The SMILES string of the molecule is COc1ccc(/C(=C/c2ccccc2[N+](=O)[O-])C(=O)O)cc1C. The van der Waals surface area contributed by atoms with Gasteiger partial charge in [-0.15, -0.1) is 0 Å². The summed E-state index contributed by atoms with van der Waals surface area (Å²) in [5.74, 6) is -0.517. The second kappa shape index (κ2) is 6.74. The summed E-state index contributed by atoms with van der Waals surface area (Å²) in [6.07, 6.45) is 1.31. The normalized spacial score (nSPS) is 11.1. The van der Waals surface area contributed by atoms with Crippen molar-refractivity contribution in [3.05, 3.63) is 69.3 Å². The van der Waals surface area contributed by atoms with Gasteiger partial charge in [0.15, 0.2) is 0 Å². The molecule has 0 saturated heterocycles. The highest BCUT2D eigenvalue weighted by molar-refractivity contribution is 6.21. The van der Waals surface area contributed by atoms with E-state index in [1.807, 2.05) is 0 Å². The van der Waals surface area contributed by atoms with E-state index >= 15 is 0 Å². The third-order valence-electron chi connectivity index (χ3n) is 3.37. The standard InChI is InChI=1S/C17H15NO5/c1-11-9-12(7-8-16(11)23-2)14(17(19)20)10-13-5-3-4-6-15(13)18(21)22/h3-10H,1-2H3,(H,19,20)/b14-10-. The topological polar surface area (TPSA) is 89.7 Å². The molecule has 2 aromatic carbocycles. The number of benzene rings is 2. The first-order valence-electron chi connectivity index (χ1n) is 6.77. The summed E-state index contributed by atoms with van der Waals surface area (Å²) < 4.78 is 5.15. The van der Waals surface area contributed by atoms with Gasteiger partial charge in [0.1, 0.15) is 5.75 Å². The second-order valence-electron chi connectivity index (χ2n) is 4.86. The largest absolute Gasteiger partial charge is 0.496 e. The van der Waals surface area contributed by atoms with E-state index < -0.39 is 10.9 Å². The van der Waals surface area contributed by atoms with E-state index in [0.29, 0.717) is 11.3 Å². The molecule has 0 aliphatic rings. The van der Waals surface area contributed by atoms with Crippen LogP contribution in [-0.2, 0) is 4.79 Å². The Labute approximate surface area is 132 Å². The summed E-state index contributed by atoms with van der Waals surface area (Å²) in [6.45, 7) is 1.80. The minimum absolute atomic E-state index is 0.0231. The molecule has 0 radical (unpaired) electrons. The number of hydrogen-bond acceptors (Lipinski definition) is 4. The molecule has 0 saturated carbocycles. The fourth-order valence-electron chi connectivity index (χ4n) is 2.25. The molecule has 0 atom stereocenters. The zero-order chi connectivity index (χ0) is 17.0. The van der Waals surface area contributed by atoms with Crippen molar-refractivity contribution < 1.29 is 19.6 Å². The number of ether oxygens (including phenoxy) is 1. The van der Waals surface area contributed by atoms with Crippen LogP contribution in [0, 0.1) is 17.0 Å². The summed E-state index contributed by atoms with van der Waals surface area (Å²) in [6, 6.07) is 11.0. The Morgan fingerprint density at radius 3 is 2.52 bits per heavy atom. The zero-order valence-electron chi connectivity index (χ0n) is 12.6. The fraction of sp³-hybridized carbons (Fsp3) is 0.118. The van der Waals surface area contributed by atoms with E-state index in [0.717, 1.165) is 5.56 Å². The van der Waals surface area contributed by atoms with Crippen molar-refractivity contribution in [2.24, 2.45) is 0 Å². The maximum atomic E-state index is 11.6. The average molecular weight is 313 g/mol. The quantitative estimate of drug-likeness (QED) is 0.394. The number of carboxylic acids is 1. The van der Waals surface area contributed by atoms with Gasteiger partial charge in [0.05, 0.1) is 23.2 Å². The Bertz CT molecular complexity index is 795. The summed E-state index contributed by atoms with van der Waals surface area (Å²) in [5, 5.41) is 20.5. The van der Waals surface area contributed by atoms with Gasteiger partial charge in [0, 0.05) is 6.07 Å². The lowest BCUT2D eigenvalue weighted by atomic mass is 10.00. The van der Waals surface area contributed by atoms with Gasteiger partial charge in [-0.2, -0.15) is 0 Å². The van der Waals surface area contributed by atoms with Crippen LogP contribution in [0.15, 0.2) is 42.5 Å². The van der Waals surface area contributed by atoms with Crippen LogP contribution in [0.3, 0.4) is 0 Å². The van der Waals surface area contributed by atoms with Crippen LogP contribution in [-0.4, -0.2) is 23.1 Å². The molecular formula is C17H15NO5. The lowest BCUT2D eigenvalue weighted by molar-refractivity contribution is -0.385. The first kappa shape index (κ1) is 16.2. The third-order valence-corrected chi connectivity index (χ3v) is 3.37. The zero-order valence-corrected chi connectivity index (χ0v) is 12.6. The number of methoxy groups -OCH3 is 1. The van der Waals surface area contributed by atoms with Crippen LogP contribution >= 0.6 is 0 Å². The van der Waals surface area contributed by atoms with Crippen molar-refractivity contribution in [1.29, 1.82) is 0 Å². The van der Waals surface area contributed by atoms with Crippen molar-refractivity contribution in [2.75, 3.05) is 7.11 Å². The van der Waals surface area contributed by atoms with E-state index in [-0.39, 0.29) is 16.8 Å². The Morgan fingerprint density at radius 2 is 1.96 bits per heavy atom. The molecule has 2 aromatic rings. The van der Waals surface area contributed by atoms with Crippen molar-refractivity contribution in [1.82, 2.24) is 0 Å². The van der Waals surface area contributed by atoms with Crippen LogP contribution in [0.5, 0.6) is 5.75 Å². The van der Waals surface area contributed by atoms with Crippen LogP contribution in [0.4, 0.5) is 5.69 Å². The molecule has 6 nitrogen and oxygen atoms in total. The minimum atomic E-state index is -1.16. The van der Waals surface area contributed by atoms with E-state index in [9.17, 15) is 20.0 Å². The van der Waals surface area contributed by atoms with Crippen molar-refractivity contribution >= 4 is 23.3 Å². The summed E-state index contributed by atoms with van der Waals surface area (Å²) >= 11 is 0. The van der Waals surface area contributed by atoms with Gasteiger partial charge >= 0.3 is 5.97 Å². The number of nitro groups is 1. The average Bonchev–Trinajstić information content (AvgIpc) is 2.52. The molecule has 0 aliphatic heterocycles. The van der Waals surface area contributed by atoms with E-state index in [1.165, 1.54) is 31.4 Å². The van der Waals surface area contributed by atoms with Gasteiger partial charge in [0.25, 0.3) is 5.69 Å². The molecule has 0 fully saturated rings. The smallest absolute Gasteiger partial charge is 0.336 e. The van der Waals surface area contributed by atoms with E-state index in [4.69, 9.17) is 4.74 Å². The van der Waals surface area contributed by atoms with Crippen LogP contribution in [0.25, 0.3) is 11.6 Å². The predicted octanol–water partition coefficient (Wildman–Crippen LogP) is 3.54. The molecule has 0 bridgehead atoms. The summed E-state index contributed by atoms with van der Waals surface area (Å²) in [7, 11) is 1.53. The van der Waals surface area contributed by atoms with Gasteiger partial charge in [-0.3, -0.25) is 10.1 Å². The molecule has 0 heterocycles. The van der Waals surface area contributed by atoms with E-state index in [2.05, 4.69) is 0 Å². The predicted molar refractivity (Wildman–Crippen MR) is 86.3 cm³/mol. The molecule has 0 aromatic heterocycles. The highest BCUT2D eigenvalue weighted by atomic mass is 16.6. The fourth-order valence-corrected chi connectivity index (χ4v) is 2.25. The maximum Gasteiger partial charge on any atom is 0.336 e. The Balaban J connectivity index is 2.58. The molecule has 118 valence electrons. The van der Waals surface area contributed by atoms with Gasteiger partial charge in [-0.1, -0.05) is 18.2 Å². The number of hydrogen-bond donors (Lipinski definition) is 1. The van der Waals surface area contributed by atoms with Gasteiger partial charge < -0.3 is 9.84 Å². The summed E-state index contributed by atoms with van der Waals surface area (Å²) in [5.41, 5.74) is 1.30. The molecule has 23 heavy (non-hydrogen) atoms. The van der Waals surface area contributed by atoms with Gasteiger partial charge in [0.2, 0.25) is 0 Å². The molecule has 6 heteroatoms. The Kier molecular flexibility index (Phi) is 4.75. The number of aryl methyl sites for hydroxylation is 1. The Morgan fingerprint density at radius 1 is 1.26 bits per heavy atom. The van der Waals surface area contributed by atoms with Gasteiger partial charge in [-0.05, 0) is 42.3 Å². The number of nitrogens with zero attached hydrogens (tertiary/aromatic N) is 1. The number of carboxylic acid groups (broad SMARTS) is 1. The van der Waals surface area contributed by atoms with Crippen LogP contribution in [0.2, 0.25) is 0 Å². The van der Waals surface area contributed by atoms with Crippen LogP contribution < -0.4 is 4.74 Å². The van der Waals surface area contributed by atoms with Crippen LogP contribution in [0.1, 0.15) is 16.7 Å². The van der Waals surface area contributed by atoms with Gasteiger partial charge in [-0.25, -0.2) is 4.79 Å². The minimum Gasteiger partial charge on any atom is -0.496 e. The first-order valence-corrected chi connectivity index (χ1v) is 6.77. The highest BCUT2D eigenvalue weighted by Gasteiger charge is 2.16. The van der Waals surface area contributed by atoms with Crippen molar-refractivity contribution in [2.45, 2.75) is 6.92 Å². The second-order valence-corrected chi connectivity index (χ2v) is 4.86. The number of rotatable bonds is 5. The molecule has 1 N–H and O–H groups in total. The first-order chi connectivity index (χ1) is 10.9. The Hall–Kier alpha value is -3.15. The number of para-hydroxylation sites is 1. The number of nitro benzene ring substituents is 1. The molecule has 0 aliphatic carbocycles. The maximum absolute atomic E-state index is 11.6. The molecule has 2 rings (SSSR count). The molecule has 0 unspecified atom stereocenters. The van der Waals surface area contributed by atoms with Crippen molar-refractivity contribution in [3.63, 3.8) is 0 Å². The third kappa shape index (κ3) is 3.55. The lowest BCUT2D eigenvalue weighted by Gasteiger charge is -2.08. The highest BCUT2D eigenvalue weighted by Crippen LogP contribution is 2.27. The monoisotopic (exact) mass is 313 g/mol. The number of carbonyl (C=O) groups is 1. The molecule has 0 spiro atoms.